The molecule has 0 aromatic carbocycles. The molecule has 1 aromatic rings. The molecule has 0 saturated heterocycles. The van der Waals surface area contributed by atoms with E-state index in [1.807, 2.05) is 6.07 Å². The number of ether oxygens (including phenoxy) is 1. The highest BCUT2D eigenvalue weighted by atomic mass is 16.5. The topological polar surface area (TPSA) is 47.0 Å². The quantitative estimate of drug-likeness (QED) is 0.849. The van der Waals surface area contributed by atoms with Crippen LogP contribution in [-0.4, -0.2) is 23.1 Å². The number of rotatable bonds is 6. The van der Waals surface area contributed by atoms with Crippen LogP contribution in [0.4, 0.5) is 5.82 Å². The SMILES string of the molecule is CCCOc1cc(NCC)nc(C2CCCCC2)n1. The van der Waals surface area contributed by atoms with Crippen molar-refractivity contribution in [3.05, 3.63) is 11.9 Å². The van der Waals surface area contributed by atoms with E-state index in [9.17, 15) is 0 Å². The van der Waals surface area contributed by atoms with Crippen LogP contribution in [0.3, 0.4) is 0 Å². The highest BCUT2D eigenvalue weighted by Crippen LogP contribution is 2.32. The highest BCUT2D eigenvalue weighted by Gasteiger charge is 2.19. The summed E-state index contributed by atoms with van der Waals surface area (Å²) in [6.45, 7) is 5.77. The Hall–Kier alpha value is -1.32. The van der Waals surface area contributed by atoms with Gasteiger partial charge in [-0.25, -0.2) is 4.98 Å². The van der Waals surface area contributed by atoms with E-state index in [0.29, 0.717) is 18.4 Å². The first-order chi connectivity index (χ1) is 9.33. The van der Waals surface area contributed by atoms with Crippen molar-refractivity contribution >= 4 is 5.82 Å². The van der Waals surface area contributed by atoms with Gasteiger partial charge in [-0.1, -0.05) is 26.2 Å². The van der Waals surface area contributed by atoms with Crippen molar-refractivity contribution in [1.29, 1.82) is 0 Å². The number of aromatic nitrogens is 2. The van der Waals surface area contributed by atoms with Gasteiger partial charge >= 0.3 is 0 Å². The summed E-state index contributed by atoms with van der Waals surface area (Å²) >= 11 is 0. The average molecular weight is 263 g/mol. The summed E-state index contributed by atoms with van der Waals surface area (Å²) in [5, 5.41) is 3.27. The number of nitrogens with one attached hydrogen (secondary N) is 1. The van der Waals surface area contributed by atoms with E-state index in [-0.39, 0.29) is 0 Å². The van der Waals surface area contributed by atoms with E-state index in [1.165, 1.54) is 32.1 Å². The molecule has 0 bridgehead atoms. The standard InChI is InChI=1S/C15H25N3O/c1-3-10-19-14-11-13(16-4-2)17-15(18-14)12-8-6-5-7-9-12/h11-12H,3-10H2,1-2H3,(H,16,17,18). The molecule has 2 rings (SSSR count). The van der Waals surface area contributed by atoms with Crippen LogP contribution in [-0.2, 0) is 0 Å². The van der Waals surface area contributed by atoms with E-state index in [0.717, 1.165) is 24.6 Å². The van der Waals surface area contributed by atoms with E-state index >= 15 is 0 Å². The summed E-state index contributed by atoms with van der Waals surface area (Å²) in [6.07, 6.45) is 7.36. The molecule has 1 N–H and O–H groups in total. The molecular formula is C15H25N3O. The molecule has 1 heterocycles. The molecule has 0 spiro atoms. The second kappa shape index (κ2) is 7.31. The Labute approximate surface area is 116 Å². The van der Waals surface area contributed by atoms with Crippen molar-refractivity contribution in [3.63, 3.8) is 0 Å². The maximum absolute atomic E-state index is 5.68. The fourth-order valence-corrected chi connectivity index (χ4v) is 2.54. The third kappa shape index (κ3) is 4.08. The van der Waals surface area contributed by atoms with Gasteiger partial charge in [-0.3, -0.25) is 0 Å². The molecule has 1 aliphatic rings. The summed E-state index contributed by atoms with van der Waals surface area (Å²) in [5.74, 6) is 3.08. The lowest BCUT2D eigenvalue weighted by atomic mass is 9.89. The van der Waals surface area contributed by atoms with Crippen LogP contribution in [0.1, 0.15) is 64.1 Å². The fraction of sp³-hybridized carbons (Fsp3) is 0.733. The zero-order valence-corrected chi connectivity index (χ0v) is 12.1. The summed E-state index contributed by atoms with van der Waals surface area (Å²) in [4.78, 5) is 9.26. The maximum atomic E-state index is 5.68. The summed E-state index contributed by atoms with van der Waals surface area (Å²) in [7, 11) is 0. The van der Waals surface area contributed by atoms with Crippen LogP contribution in [0, 0.1) is 0 Å². The molecular weight excluding hydrogens is 238 g/mol. The molecule has 1 aromatic heterocycles. The minimum Gasteiger partial charge on any atom is -0.478 e. The van der Waals surface area contributed by atoms with Gasteiger partial charge in [0.25, 0.3) is 0 Å². The van der Waals surface area contributed by atoms with Gasteiger partial charge in [0.05, 0.1) is 6.61 Å². The van der Waals surface area contributed by atoms with Crippen LogP contribution in [0.2, 0.25) is 0 Å². The highest BCUT2D eigenvalue weighted by molar-refractivity contribution is 5.38. The molecule has 19 heavy (non-hydrogen) atoms. The molecule has 4 heteroatoms. The van der Waals surface area contributed by atoms with Gasteiger partial charge in [-0.05, 0) is 26.2 Å². The Bertz CT molecular complexity index is 389. The molecule has 0 unspecified atom stereocenters. The Morgan fingerprint density at radius 1 is 1.21 bits per heavy atom. The van der Waals surface area contributed by atoms with Crippen molar-refractivity contribution in [2.75, 3.05) is 18.5 Å². The first-order valence-electron chi connectivity index (χ1n) is 7.59. The number of anilines is 1. The van der Waals surface area contributed by atoms with Gasteiger partial charge in [0, 0.05) is 18.5 Å². The van der Waals surface area contributed by atoms with Crippen LogP contribution in [0.15, 0.2) is 6.07 Å². The van der Waals surface area contributed by atoms with Crippen LogP contribution in [0.25, 0.3) is 0 Å². The minimum atomic E-state index is 0.510. The first-order valence-corrected chi connectivity index (χ1v) is 7.59. The van der Waals surface area contributed by atoms with E-state index < -0.39 is 0 Å². The predicted molar refractivity (Wildman–Crippen MR) is 77.8 cm³/mol. The second-order valence-electron chi connectivity index (χ2n) is 5.16. The van der Waals surface area contributed by atoms with E-state index in [1.54, 1.807) is 0 Å². The molecule has 0 atom stereocenters. The van der Waals surface area contributed by atoms with Crippen molar-refractivity contribution in [3.8, 4) is 5.88 Å². The average Bonchev–Trinajstić information content (AvgIpc) is 2.46. The number of hydrogen-bond acceptors (Lipinski definition) is 4. The van der Waals surface area contributed by atoms with E-state index in [4.69, 9.17) is 4.74 Å². The van der Waals surface area contributed by atoms with Gasteiger partial charge in [0.15, 0.2) is 0 Å². The zero-order chi connectivity index (χ0) is 13.5. The third-order valence-electron chi connectivity index (χ3n) is 3.50. The van der Waals surface area contributed by atoms with Gasteiger partial charge < -0.3 is 10.1 Å². The molecule has 0 radical (unpaired) electrons. The fourth-order valence-electron chi connectivity index (χ4n) is 2.54. The normalized spacial score (nSPS) is 16.3. The largest absolute Gasteiger partial charge is 0.478 e. The van der Waals surface area contributed by atoms with Crippen LogP contribution in [0.5, 0.6) is 5.88 Å². The Kier molecular flexibility index (Phi) is 5.43. The third-order valence-corrected chi connectivity index (χ3v) is 3.50. The minimum absolute atomic E-state index is 0.510. The predicted octanol–water partition coefficient (Wildman–Crippen LogP) is 3.74. The molecule has 4 nitrogen and oxygen atoms in total. The molecule has 0 amide bonds. The molecule has 1 aliphatic carbocycles. The van der Waals surface area contributed by atoms with Gasteiger partial charge in [-0.2, -0.15) is 4.98 Å². The monoisotopic (exact) mass is 263 g/mol. The summed E-state index contributed by atoms with van der Waals surface area (Å²) in [6, 6.07) is 1.91. The Morgan fingerprint density at radius 2 is 2.00 bits per heavy atom. The lowest BCUT2D eigenvalue weighted by Gasteiger charge is -2.21. The van der Waals surface area contributed by atoms with Gasteiger partial charge in [0.2, 0.25) is 5.88 Å². The van der Waals surface area contributed by atoms with Crippen molar-refractivity contribution in [2.45, 2.75) is 58.3 Å². The first kappa shape index (κ1) is 14.1. The van der Waals surface area contributed by atoms with Crippen LogP contribution < -0.4 is 10.1 Å². The van der Waals surface area contributed by atoms with E-state index in [2.05, 4.69) is 29.1 Å². The van der Waals surface area contributed by atoms with Crippen LogP contribution >= 0.6 is 0 Å². The number of nitrogens with zero attached hydrogens (tertiary/aromatic N) is 2. The lowest BCUT2D eigenvalue weighted by molar-refractivity contribution is 0.301. The Morgan fingerprint density at radius 3 is 2.68 bits per heavy atom. The smallest absolute Gasteiger partial charge is 0.218 e. The molecule has 0 aliphatic heterocycles. The van der Waals surface area contributed by atoms with Crippen molar-refractivity contribution in [2.24, 2.45) is 0 Å². The summed E-state index contributed by atoms with van der Waals surface area (Å²) < 4.78 is 5.68. The summed E-state index contributed by atoms with van der Waals surface area (Å²) in [5.41, 5.74) is 0. The van der Waals surface area contributed by atoms with Gasteiger partial charge in [-0.15, -0.1) is 0 Å². The molecule has 1 fully saturated rings. The van der Waals surface area contributed by atoms with Crippen molar-refractivity contribution in [1.82, 2.24) is 9.97 Å². The maximum Gasteiger partial charge on any atom is 0.218 e. The second-order valence-corrected chi connectivity index (χ2v) is 5.16. The number of hydrogen-bond donors (Lipinski definition) is 1. The molecule has 1 saturated carbocycles. The van der Waals surface area contributed by atoms with Crippen molar-refractivity contribution < 1.29 is 4.74 Å². The molecule has 106 valence electrons. The zero-order valence-electron chi connectivity index (χ0n) is 12.1. The van der Waals surface area contributed by atoms with Gasteiger partial charge in [0.1, 0.15) is 11.6 Å². The Balaban J connectivity index is 2.17. The lowest BCUT2D eigenvalue weighted by Crippen LogP contribution is -2.12.